The van der Waals surface area contributed by atoms with Crippen LogP contribution in [-0.4, -0.2) is 41.0 Å². The molecule has 6 nitrogen and oxygen atoms in total. The Bertz CT molecular complexity index is 1100. The molecule has 0 fully saturated rings. The third-order valence-corrected chi connectivity index (χ3v) is 5.65. The molecule has 3 aromatic rings. The van der Waals surface area contributed by atoms with Crippen molar-refractivity contribution in [3.63, 3.8) is 0 Å². The highest BCUT2D eigenvalue weighted by molar-refractivity contribution is 6.24. The monoisotopic (exact) mass is 414 g/mol. The van der Waals surface area contributed by atoms with Crippen LogP contribution in [0.1, 0.15) is 31.8 Å². The van der Waals surface area contributed by atoms with E-state index in [1.165, 1.54) is 0 Å². The van der Waals surface area contributed by atoms with Crippen LogP contribution < -0.4 is 5.32 Å². The van der Waals surface area contributed by atoms with E-state index in [0.717, 1.165) is 38.3 Å². The Morgan fingerprint density at radius 1 is 0.774 bits per heavy atom. The summed E-state index contributed by atoms with van der Waals surface area (Å²) in [5, 5.41) is 11.0. The molecule has 0 aliphatic carbocycles. The zero-order valence-corrected chi connectivity index (χ0v) is 17.3. The van der Waals surface area contributed by atoms with Crippen LogP contribution >= 0.6 is 0 Å². The third-order valence-electron chi connectivity index (χ3n) is 5.65. The number of imide groups is 1. The largest absolute Gasteiger partial charge is 0.465 e. The highest BCUT2D eigenvalue weighted by Gasteiger charge is 2.40. The maximum atomic E-state index is 13.2. The first kappa shape index (κ1) is 20.3. The Morgan fingerprint density at radius 3 is 1.58 bits per heavy atom. The van der Waals surface area contributed by atoms with Gasteiger partial charge in [-0.05, 0) is 47.2 Å². The van der Waals surface area contributed by atoms with Crippen molar-refractivity contribution < 1.29 is 19.5 Å². The minimum absolute atomic E-state index is 0.0150. The van der Waals surface area contributed by atoms with Crippen LogP contribution in [0.15, 0.2) is 60.7 Å². The molecule has 3 amide bonds. The molecule has 0 saturated heterocycles. The summed E-state index contributed by atoms with van der Waals surface area (Å²) in [6.45, 7) is 3.71. The summed E-state index contributed by atoms with van der Waals surface area (Å²) in [6.07, 6.45) is -1.19. The first-order chi connectivity index (χ1) is 14.9. The second-order valence-corrected chi connectivity index (χ2v) is 7.48. The third kappa shape index (κ3) is 3.46. The highest BCUT2D eigenvalue weighted by atomic mass is 16.4. The summed E-state index contributed by atoms with van der Waals surface area (Å²) in [5.74, 6) is -0.769. The molecule has 0 aromatic heterocycles. The average molecular weight is 414 g/mol. The minimum atomic E-state index is -1.19. The summed E-state index contributed by atoms with van der Waals surface area (Å²) in [6, 6.07) is 19.7. The van der Waals surface area contributed by atoms with Crippen LogP contribution in [0.2, 0.25) is 0 Å². The Morgan fingerprint density at radius 2 is 1.19 bits per heavy atom. The number of hydrogen-bond donors (Lipinski definition) is 2. The molecule has 2 N–H and O–H groups in total. The van der Waals surface area contributed by atoms with Crippen LogP contribution in [0.4, 0.5) is 4.79 Å². The van der Waals surface area contributed by atoms with E-state index in [0.29, 0.717) is 11.1 Å². The van der Waals surface area contributed by atoms with Gasteiger partial charge in [0.05, 0.1) is 11.1 Å². The zero-order valence-electron chi connectivity index (χ0n) is 17.3. The van der Waals surface area contributed by atoms with Gasteiger partial charge in [-0.2, -0.15) is 0 Å². The molecule has 6 heteroatoms. The van der Waals surface area contributed by atoms with Crippen molar-refractivity contribution in [1.29, 1.82) is 0 Å². The van der Waals surface area contributed by atoms with Crippen molar-refractivity contribution >= 4 is 17.9 Å². The number of carboxylic acid groups (broad SMARTS) is 1. The van der Waals surface area contributed by atoms with Gasteiger partial charge in [-0.3, -0.25) is 14.5 Å². The second kappa shape index (κ2) is 8.07. The van der Waals surface area contributed by atoms with Gasteiger partial charge in [0.15, 0.2) is 0 Å². The summed E-state index contributed by atoms with van der Waals surface area (Å²) in [5.41, 5.74) is 6.08. The van der Waals surface area contributed by atoms with E-state index in [9.17, 15) is 14.4 Å². The lowest BCUT2D eigenvalue weighted by atomic mass is 9.82. The van der Waals surface area contributed by atoms with E-state index in [4.69, 9.17) is 5.11 Å². The lowest BCUT2D eigenvalue weighted by Crippen LogP contribution is -2.37. The molecule has 0 spiro atoms. The van der Waals surface area contributed by atoms with Crippen molar-refractivity contribution in [2.45, 2.75) is 13.8 Å². The summed E-state index contributed by atoms with van der Waals surface area (Å²) in [4.78, 5) is 38.3. The number of nitrogens with one attached hydrogen (secondary N) is 1. The van der Waals surface area contributed by atoms with E-state index in [1.807, 2.05) is 74.5 Å². The Hall–Kier alpha value is -3.93. The molecule has 0 bridgehead atoms. The van der Waals surface area contributed by atoms with E-state index >= 15 is 0 Å². The van der Waals surface area contributed by atoms with Crippen molar-refractivity contribution in [1.82, 2.24) is 10.2 Å². The fraction of sp³-hybridized carbons (Fsp3) is 0.160. The molecule has 0 unspecified atom stereocenters. The van der Waals surface area contributed by atoms with E-state index in [-0.39, 0.29) is 24.9 Å². The van der Waals surface area contributed by atoms with Crippen molar-refractivity contribution in [2.24, 2.45) is 0 Å². The number of carbonyl (C=O) groups is 3. The van der Waals surface area contributed by atoms with Crippen LogP contribution in [0, 0.1) is 13.8 Å². The van der Waals surface area contributed by atoms with Crippen LogP contribution in [0.3, 0.4) is 0 Å². The number of carbonyl (C=O) groups excluding carboxylic acids is 2. The van der Waals surface area contributed by atoms with Gasteiger partial charge in [0.2, 0.25) is 0 Å². The molecule has 4 rings (SSSR count). The predicted molar refractivity (Wildman–Crippen MR) is 118 cm³/mol. The van der Waals surface area contributed by atoms with Gasteiger partial charge >= 0.3 is 6.09 Å². The molecule has 31 heavy (non-hydrogen) atoms. The minimum Gasteiger partial charge on any atom is -0.465 e. The SMILES string of the molecule is Cc1c2c(c(C)c(-c3ccccc3)c1-c1ccccc1)C(=O)N(CCNC(=O)O)C2=O. The van der Waals surface area contributed by atoms with Gasteiger partial charge in [0.25, 0.3) is 11.8 Å². The van der Waals surface area contributed by atoms with Crippen molar-refractivity contribution in [3.05, 3.63) is 82.9 Å². The van der Waals surface area contributed by atoms with E-state index in [1.54, 1.807) is 0 Å². The van der Waals surface area contributed by atoms with Gasteiger partial charge in [-0.15, -0.1) is 0 Å². The summed E-state index contributed by atoms with van der Waals surface area (Å²) >= 11 is 0. The smallest absolute Gasteiger partial charge is 0.404 e. The van der Waals surface area contributed by atoms with Gasteiger partial charge in [-0.25, -0.2) is 4.79 Å². The molecule has 156 valence electrons. The molecular formula is C25H22N2O4. The molecule has 0 radical (unpaired) electrons. The number of fused-ring (bicyclic) bond motifs is 1. The van der Waals surface area contributed by atoms with Crippen molar-refractivity contribution in [2.75, 3.05) is 13.1 Å². The van der Waals surface area contributed by atoms with Crippen LogP contribution in [0.5, 0.6) is 0 Å². The maximum Gasteiger partial charge on any atom is 0.404 e. The molecule has 0 atom stereocenters. The maximum absolute atomic E-state index is 13.2. The average Bonchev–Trinajstić information content (AvgIpc) is 3.02. The zero-order chi connectivity index (χ0) is 22.1. The summed E-state index contributed by atoms with van der Waals surface area (Å²) in [7, 11) is 0. The van der Waals surface area contributed by atoms with Gasteiger partial charge in [0, 0.05) is 13.1 Å². The normalized spacial score (nSPS) is 12.8. The highest BCUT2D eigenvalue weighted by Crippen LogP contribution is 2.43. The number of benzene rings is 3. The fourth-order valence-corrected chi connectivity index (χ4v) is 4.31. The first-order valence-electron chi connectivity index (χ1n) is 10.0. The van der Waals surface area contributed by atoms with Gasteiger partial charge in [0.1, 0.15) is 0 Å². The van der Waals surface area contributed by atoms with E-state index < -0.39 is 6.09 Å². The van der Waals surface area contributed by atoms with E-state index in [2.05, 4.69) is 5.32 Å². The fourth-order valence-electron chi connectivity index (χ4n) is 4.31. The lowest BCUT2D eigenvalue weighted by molar-refractivity contribution is 0.0654. The number of amides is 3. The number of hydrogen-bond acceptors (Lipinski definition) is 3. The van der Waals surface area contributed by atoms with Crippen LogP contribution in [-0.2, 0) is 0 Å². The first-order valence-corrected chi connectivity index (χ1v) is 10.0. The quantitative estimate of drug-likeness (QED) is 0.602. The Balaban J connectivity index is 1.93. The topological polar surface area (TPSA) is 86.7 Å². The molecule has 1 heterocycles. The van der Waals surface area contributed by atoms with Crippen molar-refractivity contribution in [3.8, 4) is 22.3 Å². The van der Waals surface area contributed by atoms with Crippen LogP contribution in [0.25, 0.3) is 22.3 Å². The Labute approximate surface area is 180 Å². The molecule has 1 aliphatic rings. The second-order valence-electron chi connectivity index (χ2n) is 7.48. The van der Waals surface area contributed by atoms with Gasteiger partial charge in [-0.1, -0.05) is 60.7 Å². The molecule has 3 aromatic carbocycles. The lowest BCUT2D eigenvalue weighted by Gasteiger charge is -2.19. The number of nitrogens with zero attached hydrogens (tertiary/aromatic N) is 1. The molecule has 0 saturated carbocycles. The Kier molecular flexibility index (Phi) is 5.29. The number of rotatable bonds is 5. The molecule has 1 aliphatic heterocycles. The van der Waals surface area contributed by atoms with Gasteiger partial charge < -0.3 is 10.4 Å². The standard InChI is InChI=1S/C25H22N2O4/c1-15-19(17-9-5-3-6-10-17)20(18-11-7-4-8-12-18)16(2)22-21(15)23(28)27(24(22)29)14-13-26-25(30)31/h3-12,26H,13-14H2,1-2H3,(H,30,31). The molecular weight excluding hydrogens is 392 g/mol. The summed E-state index contributed by atoms with van der Waals surface area (Å²) < 4.78 is 0. The predicted octanol–water partition coefficient (Wildman–Crippen LogP) is 4.50.